The summed E-state index contributed by atoms with van der Waals surface area (Å²) in [7, 11) is 0. The molecule has 4 heteroatoms. The molecule has 0 N–H and O–H groups in total. The van der Waals surface area contributed by atoms with Crippen LogP contribution in [0.2, 0.25) is 0 Å². The second-order valence-corrected chi connectivity index (χ2v) is 3.73. The number of aromatic nitrogens is 3. The second kappa shape index (κ2) is 13.4. The van der Waals surface area contributed by atoms with Crippen molar-refractivity contribution in [3.63, 3.8) is 0 Å². The van der Waals surface area contributed by atoms with Crippen molar-refractivity contribution in [2.75, 3.05) is 5.75 Å². The number of thiol groups is 1. The van der Waals surface area contributed by atoms with Gasteiger partial charge in [0, 0.05) is 6.20 Å². The Kier molecular flexibility index (Phi) is 12.8. The van der Waals surface area contributed by atoms with E-state index in [0.717, 1.165) is 5.75 Å². The minimum absolute atomic E-state index is 1.06. The number of hydrogen-bond acceptors (Lipinski definition) is 4. The molecule has 0 amide bonds. The molecule has 0 saturated carbocycles. The molecule has 86 valence electrons. The van der Waals surface area contributed by atoms with Gasteiger partial charge >= 0.3 is 0 Å². The van der Waals surface area contributed by atoms with E-state index < -0.39 is 0 Å². The van der Waals surface area contributed by atoms with Crippen molar-refractivity contribution in [1.29, 1.82) is 0 Å². The summed E-state index contributed by atoms with van der Waals surface area (Å²) in [5.41, 5.74) is 0. The standard InChI is InChI=1S/C8H18S.C3H3N3/c1-2-3-4-5-6-7-8-9;1-2-5-6-3-4-1/h9H,2-8H2,1H3;1-3H. The minimum Gasteiger partial charge on any atom is -0.241 e. The third-order valence-corrected chi connectivity index (χ3v) is 2.23. The van der Waals surface area contributed by atoms with Crippen LogP contribution in [0.1, 0.15) is 45.4 Å². The van der Waals surface area contributed by atoms with E-state index >= 15 is 0 Å². The van der Waals surface area contributed by atoms with Gasteiger partial charge in [-0.25, -0.2) is 4.98 Å². The summed E-state index contributed by atoms with van der Waals surface area (Å²) < 4.78 is 0. The Morgan fingerprint density at radius 3 is 2.07 bits per heavy atom. The number of nitrogens with zero attached hydrogens (tertiary/aromatic N) is 3. The summed E-state index contributed by atoms with van der Waals surface area (Å²) in [6.45, 7) is 2.25. The minimum atomic E-state index is 1.06. The topological polar surface area (TPSA) is 38.7 Å². The average Bonchev–Trinajstić information content (AvgIpc) is 2.32. The van der Waals surface area contributed by atoms with Gasteiger partial charge < -0.3 is 0 Å². The van der Waals surface area contributed by atoms with E-state index in [0.29, 0.717) is 0 Å². The molecular formula is C11H21N3S. The normalized spacial score (nSPS) is 9.20. The summed E-state index contributed by atoms with van der Waals surface area (Å²) >= 11 is 4.15. The highest BCUT2D eigenvalue weighted by molar-refractivity contribution is 7.80. The summed E-state index contributed by atoms with van der Waals surface area (Å²) in [4.78, 5) is 3.61. The van der Waals surface area contributed by atoms with E-state index in [2.05, 4.69) is 34.7 Å². The van der Waals surface area contributed by atoms with Crippen molar-refractivity contribution in [2.45, 2.75) is 45.4 Å². The summed E-state index contributed by atoms with van der Waals surface area (Å²) in [6, 6.07) is 0. The lowest BCUT2D eigenvalue weighted by atomic mass is 10.1. The molecule has 0 atom stereocenters. The molecule has 1 aromatic heterocycles. The summed E-state index contributed by atoms with van der Waals surface area (Å²) in [6.07, 6.45) is 12.8. The van der Waals surface area contributed by atoms with Gasteiger partial charge in [-0.3, -0.25) is 0 Å². The Morgan fingerprint density at radius 1 is 0.933 bits per heavy atom. The molecule has 0 aliphatic rings. The Bertz CT molecular complexity index is 162. The molecule has 0 radical (unpaired) electrons. The molecule has 1 heterocycles. The van der Waals surface area contributed by atoms with E-state index in [4.69, 9.17) is 0 Å². The maximum absolute atomic E-state index is 4.15. The molecule has 3 nitrogen and oxygen atoms in total. The van der Waals surface area contributed by atoms with Crippen LogP contribution in [0.15, 0.2) is 18.7 Å². The fraction of sp³-hybridized carbons (Fsp3) is 0.727. The Morgan fingerprint density at radius 2 is 1.67 bits per heavy atom. The zero-order chi connectivity index (χ0) is 11.2. The predicted octanol–water partition coefficient (Wildman–Crippen LogP) is 3.15. The van der Waals surface area contributed by atoms with Crippen LogP contribution in [-0.2, 0) is 0 Å². The fourth-order valence-corrected chi connectivity index (χ4v) is 1.32. The molecule has 1 aromatic rings. The summed E-state index contributed by atoms with van der Waals surface area (Å²) in [5.74, 6) is 1.06. The molecule has 0 saturated heterocycles. The molecule has 0 bridgehead atoms. The summed E-state index contributed by atoms with van der Waals surface area (Å²) in [5, 5.41) is 6.90. The maximum Gasteiger partial charge on any atom is 0.138 e. The van der Waals surface area contributed by atoms with Crippen LogP contribution in [0.5, 0.6) is 0 Å². The highest BCUT2D eigenvalue weighted by Crippen LogP contribution is 2.04. The van der Waals surface area contributed by atoms with Crippen LogP contribution >= 0.6 is 12.6 Å². The third kappa shape index (κ3) is 13.4. The van der Waals surface area contributed by atoms with Gasteiger partial charge in [-0.2, -0.15) is 17.7 Å². The first-order valence-corrected chi connectivity index (χ1v) is 6.22. The van der Waals surface area contributed by atoms with Crippen molar-refractivity contribution in [3.8, 4) is 0 Å². The van der Waals surface area contributed by atoms with Crippen molar-refractivity contribution in [3.05, 3.63) is 18.7 Å². The van der Waals surface area contributed by atoms with Crippen LogP contribution in [0, 0.1) is 0 Å². The van der Waals surface area contributed by atoms with Gasteiger partial charge in [0.1, 0.15) is 6.33 Å². The quantitative estimate of drug-likeness (QED) is 0.599. The highest BCUT2D eigenvalue weighted by atomic mass is 32.1. The van der Waals surface area contributed by atoms with Gasteiger partial charge in [-0.1, -0.05) is 39.0 Å². The van der Waals surface area contributed by atoms with E-state index in [1.165, 1.54) is 51.0 Å². The second-order valence-electron chi connectivity index (χ2n) is 3.28. The first-order valence-electron chi connectivity index (χ1n) is 5.59. The van der Waals surface area contributed by atoms with Crippen molar-refractivity contribution < 1.29 is 0 Å². The van der Waals surface area contributed by atoms with Crippen LogP contribution in [0.25, 0.3) is 0 Å². The maximum atomic E-state index is 4.15. The van der Waals surface area contributed by atoms with Crippen LogP contribution in [-0.4, -0.2) is 20.9 Å². The van der Waals surface area contributed by atoms with E-state index in [-0.39, 0.29) is 0 Å². The van der Waals surface area contributed by atoms with Gasteiger partial charge in [0.2, 0.25) is 0 Å². The molecule has 0 spiro atoms. The van der Waals surface area contributed by atoms with Crippen molar-refractivity contribution in [2.24, 2.45) is 0 Å². The molecule has 1 rings (SSSR count). The first-order chi connectivity index (χ1) is 7.41. The van der Waals surface area contributed by atoms with Gasteiger partial charge in [0.25, 0.3) is 0 Å². The number of hydrogen-bond donors (Lipinski definition) is 1. The van der Waals surface area contributed by atoms with E-state index in [9.17, 15) is 0 Å². The van der Waals surface area contributed by atoms with Crippen molar-refractivity contribution in [1.82, 2.24) is 15.2 Å². The molecule has 0 aromatic carbocycles. The predicted molar refractivity (Wildman–Crippen MR) is 67.1 cm³/mol. The lowest BCUT2D eigenvalue weighted by Gasteiger charge is -1.95. The zero-order valence-electron chi connectivity index (χ0n) is 9.47. The Balaban J connectivity index is 0.000000280. The average molecular weight is 227 g/mol. The molecule has 0 unspecified atom stereocenters. The van der Waals surface area contributed by atoms with Crippen LogP contribution < -0.4 is 0 Å². The van der Waals surface area contributed by atoms with Gasteiger partial charge in [-0.15, -0.1) is 5.10 Å². The van der Waals surface area contributed by atoms with Crippen LogP contribution in [0.3, 0.4) is 0 Å². The van der Waals surface area contributed by atoms with E-state index in [1.807, 2.05) is 0 Å². The lowest BCUT2D eigenvalue weighted by molar-refractivity contribution is 0.627. The molecule has 0 aliphatic carbocycles. The zero-order valence-corrected chi connectivity index (χ0v) is 10.4. The molecule has 0 aliphatic heterocycles. The largest absolute Gasteiger partial charge is 0.241 e. The highest BCUT2D eigenvalue weighted by Gasteiger charge is 1.86. The lowest BCUT2D eigenvalue weighted by Crippen LogP contribution is -1.78. The smallest absolute Gasteiger partial charge is 0.138 e. The Hall–Kier alpha value is -0.640. The molecule has 15 heavy (non-hydrogen) atoms. The number of rotatable bonds is 6. The van der Waals surface area contributed by atoms with Gasteiger partial charge in [-0.05, 0) is 12.2 Å². The third-order valence-electron chi connectivity index (χ3n) is 1.92. The van der Waals surface area contributed by atoms with Gasteiger partial charge in [0.15, 0.2) is 0 Å². The SMILES string of the molecule is CCCCCCCCS.c1cnncn1. The van der Waals surface area contributed by atoms with Crippen molar-refractivity contribution >= 4 is 12.6 Å². The van der Waals surface area contributed by atoms with Crippen LogP contribution in [0.4, 0.5) is 0 Å². The van der Waals surface area contributed by atoms with Gasteiger partial charge in [0.05, 0.1) is 6.20 Å². The van der Waals surface area contributed by atoms with E-state index in [1.54, 1.807) is 6.20 Å². The fourth-order valence-electron chi connectivity index (χ4n) is 1.10. The Labute approximate surface area is 98.1 Å². The molecular weight excluding hydrogens is 206 g/mol. The molecule has 0 fully saturated rings. The monoisotopic (exact) mass is 227 g/mol. The first kappa shape index (κ1) is 14.4. The number of unbranched alkanes of at least 4 members (excludes halogenated alkanes) is 5.